The van der Waals surface area contributed by atoms with E-state index in [-0.39, 0.29) is 18.5 Å². The number of carbonyl (C=O) groups is 1. The summed E-state index contributed by atoms with van der Waals surface area (Å²) < 4.78 is 5.78. The second kappa shape index (κ2) is 32.9. The summed E-state index contributed by atoms with van der Waals surface area (Å²) in [5, 5.41) is 9.42. The van der Waals surface area contributed by atoms with Gasteiger partial charge in [0.1, 0.15) is 0 Å². The normalized spacial score (nSPS) is 11.7. The van der Waals surface area contributed by atoms with E-state index in [4.69, 9.17) is 4.74 Å². The number of carbonyl (C=O) groups excluding carboxylic acids is 1. The van der Waals surface area contributed by atoms with Crippen LogP contribution in [0.5, 0.6) is 0 Å². The minimum absolute atomic E-state index is 0.0760. The number of aliphatic hydroxyl groups is 1. The molecule has 4 nitrogen and oxygen atoms in total. The van der Waals surface area contributed by atoms with Crippen molar-refractivity contribution in [1.29, 1.82) is 0 Å². The van der Waals surface area contributed by atoms with Gasteiger partial charge in [-0.15, -0.1) is 0 Å². The van der Waals surface area contributed by atoms with Crippen LogP contribution < -0.4 is 0 Å². The molecule has 240 valence electrons. The molecule has 0 aliphatic carbocycles. The summed E-state index contributed by atoms with van der Waals surface area (Å²) in [5.41, 5.74) is 0. The van der Waals surface area contributed by atoms with Gasteiger partial charge in [-0.05, 0) is 45.2 Å². The molecule has 0 unspecified atom stereocenters. The first-order valence-electron chi connectivity index (χ1n) is 18.2. The Balaban J connectivity index is 4.03. The van der Waals surface area contributed by atoms with Crippen LogP contribution >= 0.6 is 0 Å². The Kier molecular flexibility index (Phi) is 32.4. The standard InChI is InChI=1S/C36H73NO3/c1-4-7-10-13-16-20-25-30-37(32-33-38)31-26-21-17-22-27-34-40-36(39)35(28-23-18-14-11-8-5-2)29-24-19-15-12-9-6-3/h35,38H,4-34H2,1-3H3. The minimum atomic E-state index is 0.0760. The van der Waals surface area contributed by atoms with Gasteiger partial charge in [0.25, 0.3) is 0 Å². The lowest BCUT2D eigenvalue weighted by Crippen LogP contribution is -2.29. The third kappa shape index (κ3) is 27.6. The Labute approximate surface area is 251 Å². The van der Waals surface area contributed by atoms with Crippen LogP contribution in [0.15, 0.2) is 0 Å². The van der Waals surface area contributed by atoms with Crippen molar-refractivity contribution < 1.29 is 14.6 Å². The lowest BCUT2D eigenvalue weighted by Gasteiger charge is -2.21. The summed E-state index contributed by atoms with van der Waals surface area (Å²) in [4.78, 5) is 15.3. The van der Waals surface area contributed by atoms with E-state index in [1.165, 1.54) is 141 Å². The van der Waals surface area contributed by atoms with Crippen molar-refractivity contribution in [3.63, 3.8) is 0 Å². The van der Waals surface area contributed by atoms with E-state index in [0.29, 0.717) is 6.61 Å². The maximum atomic E-state index is 12.9. The van der Waals surface area contributed by atoms with E-state index in [0.717, 1.165) is 45.3 Å². The van der Waals surface area contributed by atoms with E-state index < -0.39 is 0 Å². The predicted molar refractivity (Wildman–Crippen MR) is 175 cm³/mol. The zero-order valence-electron chi connectivity index (χ0n) is 27.7. The van der Waals surface area contributed by atoms with Gasteiger partial charge in [-0.3, -0.25) is 4.79 Å². The highest BCUT2D eigenvalue weighted by Crippen LogP contribution is 2.21. The maximum Gasteiger partial charge on any atom is 0.308 e. The largest absolute Gasteiger partial charge is 0.465 e. The third-order valence-electron chi connectivity index (χ3n) is 8.50. The molecule has 0 spiro atoms. The fraction of sp³-hybridized carbons (Fsp3) is 0.972. The zero-order chi connectivity index (χ0) is 29.4. The van der Waals surface area contributed by atoms with Crippen molar-refractivity contribution in [1.82, 2.24) is 4.90 Å². The first-order chi connectivity index (χ1) is 19.7. The highest BCUT2D eigenvalue weighted by molar-refractivity contribution is 5.72. The van der Waals surface area contributed by atoms with E-state index in [2.05, 4.69) is 25.7 Å². The van der Waals surface area contributed by atoms with Crippen LogP contribution in [0.3, 0.4) is 0 Å². The molecule has 4 heteroatoms. The molecule has 1 N–H and O–H groups in total. The summed E-state index contributed by atoms with van der Waals surface area (Å²) in [7, 11) is 0. The molecule has 0 atom stereocenters. The predicted octanol–water partition coefficient (Wildman–Crippen LogP) is 10.6. The van der Waals surface area contributed by atoms with Crippen LogP contribution in [0, 0.1) is 5.92 Å². The molecule has 0 heterocycles. The summed E-state index contributed by atoms with van der Waals surface area (Å²) >= 11 is 0. The van der Waals surface area contributed by atoms with Crippen LogP contribution in [0.2, 0.25) is 0 Å². The lowest BCUT2D eigenvalue weighted by molar-refractivity contribution is -0.149. The number of hydrogen-bond donors (Lipinski definition) is 1. The fourth-order valence-corrected chi connectivity index (χ4v) is 5.75. The lowest BCUT2D eigenvalue weighted by atomic mass is 9.94. The zero-order valence-corrected chi connectivity index (χ0v) is 27.7. The molecule has 0 amide bonds. The SMILES string of the molecule is CCCCCCCCCN(CCO)CCCCCCCOC(=O)C(CCCCCCCC)CCCCCCCC. The number of esters is 1. The van der Waals surface area contributed by atoms with Gasteiger partial charge in [-0.25, -0.2) is 0 Å². The van der Waals surface area contributed by atoms with Crippen LogP contribution in [0.4, 0.5) is 0 Å². The van der Waals surface area contributed by atoms with Crippen LogP contribution in [-0.4, -0.2) is 48.8 Å². The van der Waals surface area contributed by atoms with E-state index >= 15 is 0 Å². The van der Waals surface area contributed by atoms with Crippen LogP contribution in [-0.2, 0) is 9.53 Å². The molecule has 0 aromatic rings. The maximum absolute atomic E-state index is 12.9. The molecular weight excluding hydrogens is 494 g/mol. The summed E-state index contributed by atoms with van der Waals surface area (Å²) in [6.45, 7) is 10.7. The summed E-state index contributed by atoms with van der Waals surface area (Å²) in [5.74, 6) is 0.193. The van der Waals surface area contributed by atoms with Gasteiger partial charge in [0.15, 0.2) is 0 Å². The van der Waals surface area contributed by atoms with Gasteiger partial charge in [0.05, 0.1) is 19.1 Å². The van der Waals surface area contributed by atoms with Crippen molar-refractivity contribution in [3.05, 3.63) is 0 Å². The highest BCUT2D eigenvalue weighted by atomic mass is 16.5. The van der Waals surface area contributed by atoms with Crippen molar-refractivity contribution in [2.45, 2.75) is 188 Å². The Morgan fingerprint density at radius 1 is 0.525 bits per heavy atom. The summed E-state index contributed by atoms with van der Waals surface area (Å²) in [6.07, 6.45) is 32.6. The number of unbranched alkanes of at least 4 members (excludes halogenated alkanes) is 20. The Morgan fingerprint density at radius 2 is 0.900 bits per heavy atom. The molecule has 0 aromatic heterocycles. The van der Waals surface area contributed by atoms with Crippen molar-refractivity contribution in [3.8, 4) is 0 Å². The van der Waals surface area contributed by atoms with Crippen molar-refractivity contribution >= 4 is 5.97 Å². The highest BCUT2D eigenvalue weighted by Gasteiger charge is 2.19. The van der Waals surface area contributed by atoms with E-state index in [1.807, 2.05) is 0 Å². The first kappa shape index (κ1) is 39.4. The molecule has 0 aliphatic heterocycles. The van der Waals surface area contributed by atoms with Crippen LogP contribution in [0.1, 0.15) is 188 Å². The number of aliphatic hydroxyl groups excluding tert-OH is 1. The van der Waals surface area contributed by atoms with Gasteiger partial charge in [-0.1, -0.05) is 156 Å². The molecule has 0 fully saturated rings. The van der Waals surface area contributed by atoms with E-state index in [9.17, 15) is 9.90 Å². The van der Waals surface area contributed by atoms with Gasteiger partial charge in [0, 0.05) is 6.54 Å². The average molecular weight is 568 g/mol. The van der Waals surface area contributed by atoms with E-state index in [1.54, 1.807) is 0 Å². The second-order valence-corrected chi connectivity index (χ2v) is 12.4. The molecule has 0 aliphatic rings. The molecule has 0 saturated carbocycles. The first-order valence-corrected chi connectivity index (χ1v) is 18.2. The molecule has 0 bridgehead atoms. The molecule has 0 aromatic carbocycles. The molecular formula is C36H73NO3. The number of nitrogens with zero attached hydrogens (tertiary/aromatic N) is 1. The second-order valence-electron chi connectivity index (χ2n) is 12.4. The fourth-order valence-electron chi connectivity index (χ4n) is 5.75. The minimum Gasteiger partial charge on any atom is -0.465 e. The number of ether oxygens (including phenoxy) is 1. The van der Waals surface area contributed by atoms with Crippen molar-refractivity contribution in [2.24, 2.45) is 5.92 Å². The Bertz CT molecular complexity index is 482. The van der Waals surface area contributed by atoms with Crippen LogP contribution in [0.25, 0.3) is 0 Å². The topological polar surface area (TPSA) is 49.8 Å². The van der Waals surface area contributed by atoms with Gasteiger partial charge in [0.2, 0.25) is 0 Å². The molecule has 0 radical (unpaired) electrons. The summed E-state index contributed by atoms with van der Waals surface area (Å²) in [6, 6.07) is 0. The monoisotopic (exact) mass is 568 g/mol. The van der Waals surface area contributed by atoms with Gasteiger partial charge < -0.3 is 14.7 Å². The quantitative estimate of drug-likeness (QED) is 0.0633. The Hall–Kier alpha value is -0.610. The van der Waals surface area contributed by atoms with Crippen molar-refractivity contribution in [2.75, 3.05) is 32.8 Å². The molecule has 40 heavy (non-hydrogen) atoms. The van der Waals surface area contributed by atoms with Gasteiger partial charge >= 0.3 is 5.97 Å². The number of hydrogen-bond acceptors (Lipinski definition) is 4. The Morgan fingerprint density at radius 3 is 1.32 bits per heavy atom. The smallest absolute Gasteiger partial charge is 0.308 e. The molecule has 0 saturated heterocycles. The number of rotatable bonds is 33. The third-order valence-corrected chi connectivity index (χ3v) is 8.50. The van der Waals surface area contributed by atoms with Gasteiger partial charge in [-0.2, -0.15) is 0 Å². The average Bonchev–Trinajstić information content (AvgIpc) is 2.96. The molecule has 0 rings (SSSR count).